The second kappa shape index (κ2) is 5.99. The van der Waals surface area contributed by atoms with E-state index in [9.17, 15) is 9.50 Å². The molecule has 100 valence electrons. The van der Waals surface area contributed by atoms with Crippen LogP contribution in [0.4, 0.5) is 10.2 Å². The summed E-state index contributed by atoms with van der Waals surface area (Å²) in [6, 6.07) is 7.45. The fourth-order valence-electron chi connectivity index (χ4n) is 1.56. The average Bonchev–Trinajstić information content (AvgIpc) is 2.36. The number of benzene rings is 1. The highest BCUT2D eigenvalue weighted by Crippen LogP contribution is 2.23. The van der Waals surface area contributed by atoms with Crippen LogP contribution in [0.3, 0.4) is 0 Å². The number of halogens is 1. The summed E-state index contributed by atoms with van der Waals surface area (Å²) in [4.78, 5) is 8.29. The van der Waals surface area contributed by atoms with Crippen LogP contribution >= 0.6 is 11.8 Å². The largest absolute Gasteiger partial charge is 0.388 e. The number of anilines is 1. The molecule has 2 rings (SSSR count). The number of aliphatic hydroxyl groups excluding tert-OH is 1. The Morgan fingerprint density at radius 1 is 1.32 bits per heavy atom. The third-order valence-corrected chi connectivity index (χ3v) is 3.40. The minimum atomic E-state index is -0.698. The van der Waals surface area contributed by atoms with E-state index in [0.29, 0.717) is 22.3 Å². The Bertz CT molecular complexity index is 542. The number of hydrogen-bond acceptors (Lipinski definition) is 5. The van der Waals surface area contributed by atoms with E-state index in [-0.39, 0.29) is 5.82 Å². The maximum absolute atomic E-state index is 12.8. The summed E-state index contributed by atoms with van der Waals surface area (Å²) in [6.07, 6.45) is -0.698. The Morgan fingerprint density at radius 2 is 2.00 bits per heavy atom. The van der Waals surface area contributed by atoms with Crippen molar-refractivity contribution >= 4 is 17.6 Å². The van der Waals surface area contributed by atoms with Gasteiger partial charge >= 0.3 is 0 Å². The molecule has 3 N–H and O–H groups in total. The van der Waals surface area contributed by atoms with Gasteiger partial charge in [-0.15, -0.1) is 0 Å². The molecule has 4 nitrogen and oxygen atoms in total. The van der Waals surface area contributed by atoms with Gasteiger partial charge in [-0.25, -0.2) is 14.4 Å². The molecule has 0 amide bonds. The van der Waals surface area contributed by atoms with Gasteiger partial charge in [0, 0.05) is 17.5 Å². The Hall–Kier alpha value is -1.66. The molecular weight excluding hydrogens is 265 g/mol. The van der Waals surface area contributed by atoms with Crippen LogP contribution in [0.2, 0.25) is 0 Å². The molecule has 0 saturated carbocycles. The fourth-order valence-corrected chi connectivity index (χ4v) is 2.44. The zero-order chi connectivity index (χ0) is 13.8. The van der Waals surface area contributed by atoms with Crippen molar-refractivity contribution in [2.45, 2.75) is 18.2 Å². The van der Waals surface area contributed by atoms with E-state index in [1.54, 1.807) is 18.2 Å². The SMILES string of the molecule is Cc1cc(N)nc(SCC(O)c2ccc(F)cc2)n1. The van der Waals surface area contributed by atoms with Crippen molar-refractivity contribution in [1.82, 2.24) is 9.97 Å². The standard InChI is InChI=1S/C13H14FN3OS/c1-8-6-12(15)17-13(16-8)19-7-11(18)9-2-4-10(14)5-3-9/h2-6,11,18H,7H2,1H3,(H2,15,16,17). The maximum atomic E-state index is 12.8. The number of aryl methyl sites for hydroxylation is 1. The lowest BCUT2D eigenvalue weighted by Gasteiger charge is -2.10. The van der Waals surface area contributed by atoms with Crippen LogP contribution in [0.1, 0.15) is 17.4 Å². The van der Waals surface area contributed by atoms with Gasteiger partial charge in [-0.3, -0.25) is 0 Å². The van der Waals surface area contributed by atoms with Gasteiger partial charge in [0.25, 0.3) is 0 Å². The summed E-state index contributed by atoms with van der Waals surface area (Å²) < 4.78 is 12.8. The summed E-state index contributed by atoms with van der Waals surface area (Å²) in [5, 5.41) is 10.5. The molecule has 2 aromatic rings. The number of rotatable bonds is 4. The second-order valence-corrected chi connectivity index (χ2v) is 5.08. The topological polar surface area (TPSA) is 72.0 Å². The van der Waals surface area contributed by atoms with Crippen molar-refractivity contribution in [3.8, 4) is 0 Å². The average molecular weight is 279 g/mol. The van der Waals surface area contributed by atoms with E-state index in [4.69, 9.17) is 5.73 Å². The first-order valence-electron chi connectivity index (χ1n) is 5.72. The molecule has 6 heteroatoms. The van der Waals surface area contributed by atoms with E-state index in [1.807, 2.05) is 6.92 Å². The Kier molecular flexibility index (Phi) is 4.34. The smallest absolute Gasteiger partial charge is 0.189 e. The van der Waals surface area contributed by atoms with Gasteiger partial charge in [-0.1, -0.05) is 23.9 Å². The Balaban J connectivity index is 1.99. The highest BCUT2D eigenvalue weighted by Gasteiger charge is 2.10. The number of aliphatic hydroxyl groups is 1. The van der Waals surface area contributed by atoms with E-state index >= 15 is 0 Å². The molecule has 1 heterocycles. The third kappa shape index (κ3) is 3.90. The van der Waals surface area contributed by atoms with E-state index in [0.717, 1.165) is 5.69 Å². The van der Waals surface area contributed by atoms with Crippen LogP contribution in [0.15, 0.2) is 35.5 Å². The van der Waals surface area contributed by atoms with Crippen LogP contribution in [0.5, 0.6) is 0 Å². The van der Waals surface area contributed by atoms with Crippen LogP contribution < -0.4 is 5.73 Å². The summed E-state index contributed by atoms with van der Waals surface area (Å²) in [6.45, 7) is 1.83. The molecule has 0 fully saturated rings. The van der Waals surface area contributed by atoms with Gasteiger partial charge in [0.15, 0.2) is 5.16 Å². The quantitative estimate of drug-likeness (QED) is 0.664. The van der Waals surface area contributed by atoms with E-state index in [1.165, 1.54) is 23.9 Å². The first-order chi connectivity index (χ1) is 9.04. The fraction of sp³-hybridized carbons (Fsp3) is 0.231. The molecule has 0 aliphatic rings. The minimum absolute atomic E-state index is 0.321. The first kappa shape index (κ1) is 13.8. The van der Waals surface area contributed by atoms with Crippen molar-refractivity contribution in [2.75, 3.05) is 11.5 Å². The third-order valence-electron chi connectivity index (χ3n) is 2.48. The second-order valence-electron chi connectivity index (χ2n) is 4.10. The summed E-state index contributed by atoms with van der Waals surface area (Å²) in [7, 11) is 0. The van der Waals surface area contributed by atoms with E-state index in [2.05, 4.69) is 9.97 Å². The van der Waals surface area contributed by atoms with Crippen molar-refractivity contribution in [3.05, 3.63) is 47.4 Å². The van der Waals surface area contributed by atoms with E-state index < -0.39 is 6.10 Å². The number of aromatic nitrogens is 2. The van der Waals surface area contributed by atoms with Gasteiger partial charge in [0.1, 0.15) is 11.6 Å². The molecule has 0 saturated heterocycles. The van der Waals surface area contributed by atoms with Crippen molar-refractivity contribution < 1.29 is 9.50 Å². The lowest BCUT2D eigenvalue weighted by atomic mass is 10.1. The van der Waals surface area contributed by atoms with Gasteiger partial charge in [0.2, 0.25) is 0 Å². The van der Waals surface area contributed by atoms with Gasteiger partial charge in [-0.05, 0) is 24.6 Å². The van der Waals surface area contributed by atoms with Crippen LogP contribution in [0.25, 0.3) is 0 Å². The molecule has 1 aromatic carbocycles. The molecule has 1 aromatic heterocycles. The van der Waals surface area contributed by atoms with Crippen LogP contribution in [0, 0.1) is 12.7 Å². The van der Waals surface area contributed by atoms with Crippen molar-refractivity contribution in [2.24, 2.45) is 0 Å². The first-order valence-corrected chi connectivity index (χ1v) is 6.70. The van der Waals surface area contributed by atoms with Gasteiger partial charge in [-0.2, -0.15) is 0 Å². The molecule has 0 aliphatic carbocycles. The normalized spacial score (nSPS) is 12.4. The summed E-state index contributed by atoms with van der Waals surface area (Å²) in [5.74, 6) is 0.471. The molecule has 1 unspecified atom stereocenters. The highest BCUT2D eigenvalue weighted by atomic mass is 32.2. The number of nitrogens with zero attached hydrogens (tertiary/aromatic N) is 2. The molecule has 0 bridgehead atoms. The minimum Gasteiger partial charge on any atom is -0.388 e. The van der Waals surface area contributed by atoms with Crippen molar-refractivity contribution in [1.29, 1.82) is 0 Å². The number of thioether (sulfide) groups is 1. The maximum Gasteiger partial charge on any atom is 0.189 e. The predicted molar refractivity (Wildman–Crippen MR) is 73.3 cm³/mol. The molecule has 0 spiro atoms. The van der Waals surface area contributed by atoms with Crippen molar-refractivity contribution in [3.63, 3.8) is 0 Å². The number of nitrogens with two attached hydrogens (primary N) is 1. The molecule has 0 aliphatic heterocycles. The Morgan fingerprint density at radius 3 is 2.63 bits per heavy atom. The number of nitrogen functional groups attached to an aromatic ring is 1. The Labute approximate surface area is 114 Å². The zero-order valence-corrected chi connectivity index (χ0v) is 11.2. The van der Waals surface area contributed by atoms with Crippen LogP contribution in [-0.4, -0.2) is 20.8 Å². The molecule has 19 heavy (non-hydrogen) atoms. The van der Waals surface area contributed by atoms with Gasteiger partial charge < -0.3 is 10.8 Å². The molecular formula is C13H14FN3OS. The number of hydrogen-bond donors (Lipinski definition) is 2. The molecule has 1 atom stereocenters. The molecule has 0 radical (unpaired) electrons. The van der Waals surface area contributed by atoms with Crippen LogP contribution in [-0.2, 0) is 0 Å². The summed E-state index contributed by atoms with van der Waals surface area (Å²) in [5.41, 5.74) is 7.07. The highest BCUT2D eigenvalue weighted by molar-refractivity contribution is 7.99. The lowest BCUT2D eigenvalue weighted by molar-refractivity contribution is 0.204. The zero-order valence-electron chi connectivity index (χ0n) is 10.4. The van der Waals surface area contributed by atoms with Gasteiger partial charge in [0.05, 0.1) is 6.10 Å². The summed E-state index contributed by atoms with van der Waals surface area (Å²) >= 11 is 1.31. The lowest BCUT2D eigenvalue weighted by Crippen LogP contribution is -2.03. The monoisotopic (exact) mass is 279 g/mol. The predicted octanol–water partition coefficient (Wildman–Crippen LogP) is 2.33.